The summed E-state index contributed by atoms with van der Waals surface area (Å²) in [4.78, 5) is 37.3. The Labute approximate surface area is 200 Å². The molecule has 0 aromatic carbocycles. The number of carbonyl (C=O) groups excluding carboxylic acids is 2. The molecule has 0 spiro atoms. The number of nitrogens with one attached hydrogen (secondary N) is 2. The van der Waals surface area contributed by atoms with Crippen LogP contribution in [0.3, 0.4) is 0 Å². The topological polar surface area (TPSA) is 99.7 Å². The average Bonchev–Trinajstić information content (AvgIpc) is 3.29. The normalized spacial score (nSPS) is 20.7. The second-order valence-corrected chi connectivity index (χ2v) is 8.53. The molecule has 2 unspecified atom stereocenters. The summed E-state index contributed by atoms with van der Waals surface area (Å²) in [6, 6.07) is 4.40. The maximum Gasteiger partial charge on any atom is 0.417 e. The molecule has 0 aliphatic carbocycles. The smallest absolute Gasteiger partial charge is 0.383 e. The number of carbonyl (C=O) groups is 2. The van der Waals surface area contributed by atoms with Crippen LogP contribution in [0.15, 0.2) is 36.7 Å². The number of rotatable bonds is 6. The number of halogens is 3. The SMILES string of the molecule is COCC1CCCN1c1ccc(N2CCCC(NC(=O)Nc3ccc(C(F)(F)F)cn3)C2=O)cn1. The van der Waals surface area contributed by atoms with Gasteiger partial charge in [-0.05, 0) is 49.9 Å². The van der Waals surface area contributed by atoms with Gasteiger partial charge in [-0.15, -0.1) is 0 Å². The average molecular weight is 493 g/mol. The lowest BCUT2D eigenvalue weighted by Crippen LogP contribution is -2.53. The van der Waals surface area contributed by atoms with E-state index in [-0.39, 0.29) is 17.8 Å². The van der Waals surface area contributed by atoms with Crippen LogP contribution in [0.4, 0.5) is 35.3 Å². The van der Waals surface area contributed by atoms with Gasteiger partial charge in [0.2, 0.25) is 5.91 Å². The molecule has 2 aliphatic rings. The fraction of sp³-hybridized carbons (Fsp3) is 0.478. The van der Waals surface area contributed by atoms with Crippen LogP contribution in [-0.2, 0) is 15.7 Å². The Kier molecular flexibility index (Phi) is 7.39. The van der Waals surface area contributed by atoms with Crippen LogP contribution in [0.2, 0.25) is 0 Å². The van der Waals surface area contributed by atoms with E-state index in [2.05, 4.69) is 25.5 Å². The molecule has 12 heteroatoms. The van der Waals surface area contributed by atoms with Crippen LogP contribution >= 0.6 is 0 Å². The summed E-state index contributed by atoms with van der Waals surface area (Å²) in [5.41, 5.74) is -0.280. The zero-order valence-corrected chi connectivity index (χ0v) is 19.2. The molecule has 0 bridgehead atoms. The highest BCUT2D eigenvalue weighted by Gasteiger charge is 2.33. The van der Waals surface area contributed by atoms with Gasteiger partial charge in [-0.25, -0.2) is 14.8 Å². The molecule has 0 saturated carbocycles. The Balaban J connectivity index is 1.36. The molecule has 188 valence electrons. The Bertz CT molecular complexity index is 1030. The molecule has 3 amide bonds. The van der Waals surface area contributed by atoms with Gasteiger partial charge in [0.1, 0.15) is 17.7 Å². The zero-order chi connectivity index (χ0) is 25.0. The fourth-order valence-electron chi connectivity index (χ4n) is 4.42. The minimum absolute atomic E-state index is 0.0518. The first kappa shape index (κ1) is 24.7. The van der Waals surface area contributed by atoms with Crippen LogP contribution in [0.1, 0.15) is 31.2 Å². The molecule has 2 fully saturated rings. The molecule has 0 radical (unpaired) electrons. The lowest BCUT2D eigenvalue weighted by atomic mass is 10.0. The number of aromatic nitrogens is 2. The summed E-state index contributed by atoms with van der Waals surface area (Å²) in [6.07, 6.45) is 1.00. The summed E-state index contributed by atoms with van der Waals surface area (Å²) in [7, 11) is 1.68. The van der Waals surface area contributed by atoms with Gasteiger partial charge in [-0.3, -0.25) is 10.1 Å². The van der Waals surface area contributed by atoms with Crippen molar-refractivity contribution in [2.45, 2.75) is 43.9 Å². The standard InChI is InChI=1S/C23H27F3N6O3/c1-35-14-17-4-2-10-31(17)20-9-7-16(13-28-20)32-11-3-5-18(21(32)33)29-22(34)30-19-8-6-15(12-27-19)23(24,25)26/h6-9,12-13,17-18H,2-5,10-11,14H2,1H3,(H2,27,29,30,34). The summed E-state index contributed by atoms with van der Waals surface area (Å²) < 4.78 is 43.3. The monoisotopic (exact) mass is 492 g/mol. The van der Waals surface area contributed by atoms with Crippen molar-refractivity contribution in [3.63, 3.8) is 0 Å². The van der Waals surface area contributed by atoms with Crippen molar-refractivity contribution in [3.8, 4) is 0 Å². The van der Waals surface area contributed by atoms with E-state index in [1.54, 1.807) is 18.2 Å². The third kappa shape index (κ3) is 5.81. The van der Waals surface area contributed by atoms with E-state index in [4.69, 9.17) is 4.74 Å². The maximum absolute atomic E-state index is 13.0. The van der Waals surface area contributed by atoms with Gasteiger partial charge >= 0.3 is 12.2 Å². The van der Waals surface area contributed by atoms with E-state index < -0.39 is 23.8 Å². The first-order valence-corrected chi connectivity index (χ1v) is 11.4. The molecule has 2 aromatic rings. The molecular weight excluding hydrogens is 465 g/mol. The van der Waals surface area contributed by atoms with Crippen molar-refractivity contribution in [2.24, 2.45) is 0 Å². The highest BCUT2D eigenvalue weighted by atomic mass is 19.4. The number of anilines is 3. The van der Waals surface area contributed by atoms with Crippen molar-refractivity contribution < 1.29 is 27.5 Å². The van der Waals surface area contributed by atoms with Crippen LogP contribution in [0, 0.1) is 0 Å². The largest absolute Gasteiger partial charge is 0.417 e. The number of ether oxygens (including phenoxy) is 1. The van der Waals surface area contributed by atoms with E-state index in [1.165, 1.54) is 0 Å². The summed E-state index contributed by atoms with van der Waals surface area (Å²) in [5.74, 6) is 0.500. The number of amides is 3. The van der Waals surface area contributed by atoms with E-state index in [0.29, 0.717) is 37.9 Å². The summed E-state index contributed by atoms with van der Waals surface area (Å²) in [5, 5.41) is 4.96. The zero-order valence-electron chi connectivity index (χ0n) is 19.2. The highest BCUT2D eigenvalue weighted by molar-refractivity contribution is 6.01. The molecule has 2 aromatic heterocycles. The third-order valence-corrected chi connectivity index (χ3v) is 6.15. The van der Waals surface area contributed by atoms with Crippen LogP contribution in [0.25, 0.3) is 0 Å². The Morgan fingerprint density at radius 1 is 1.11 bits per heavy atom. The maximum atomic E-state index is 13.0. The number of methoxy groups -OCH3 is 1. The van der Waals surface area contributed by atoms with Crippen molar-refractivity contribution in [1.29, 1.82) is 0 Å². The van der Waals surface area contributed by atoms with Gasteiger partial charge in [0.15, 0.2) is 0 Å². The van der Waals surface area contributed by atoms with Crippen molar-refractivity contribution >= 4 is 29.3 Å². The van der Waals surface area contributed by atoms with Gasteiger partial charge < -0.3 is 19.9 Å². The summed E-state index contributed by atoms with van der Waals surface area (Å²) >= 11 is 0. The lowest BCUT2D eigenvalue weighted by Gasteiger charge is -2.33. The van der Waals surface area contributed by atoms with Gasteiger partial charge in [-0.1, -0.05) is 0 Å². The summed E-state index contributed by atoms with van der Waals surface area (Å²) in [6.45, 7) is 2.03. The molecule has 4 heterocycles. The van der Waals surface area contributed by atoms with Crippen molar-refractivity contribution in [1.82, 2.24) is 15.3 Å². The minimum Gasteiger partial charge on any atom is -0.383 e. The molecule has 2 N–H and O–H groups in total. The minimum atomic E-state index is -4.51. The van der Waals surface area contributed by atoms with Crippen LogP contribution in [0.5, 0.6) is 0 Å². The van der Waals surface area contributed by atoms with Crippen LogP contribution < -0.4 is 20.4 Å². The highest BCUT2D eigenvalue weighted by Crippen LogP contribution is 2.29. The molecule has 9 nitrogen and oxygen atoms in total. The number of urea groups is 1. The lowest BCUT2D eigenvalue weighted by molar-refractivity contribution is -0.137. The second-order valence-electron chi connectivity index (χ2n) is 8.53. The number of piperidine rings is 1. The van der Waals surface area contributed by atoms with Gasteiger partial charge in [-0.2, -0.15) is 13.2 Å². The quantitative estimate of drug-likeness (QED) is 0.641. The fourth-order valence-corrected chi connectivity index (χ4v) is 4.42. The predicted octanol–water partition coefficient (Wildman–Crippen LogP) is 3.43. The van der Waals surface area contributed by atoms with E-state index in [9.17, 15) is 22.8 Å². The molecule has 2 aliphatic heterocycles. The van der Waals surface area contributed by atoms with E-state index in [1.807, 2.05) is 12.1 Å². The molecule has 2 atom stereocenters. The first-order valence-electron chi connectivity index (χ1n) is 11.4. The third-order valence-electron chi connectivity index (χ3n) is 6.15. The Hall–Kier alpha value is -3.41. The number of nitrogens with zero attached hydrogens (tertiary/aromatic N) is 4. The molecule has 35 heavy (non-hydrogen) atoms. The number of alkyl halides is 3. The van der Waals surface area contributed by atoms with Gasteiger partial charge in [0.05, 0.1) is 30.1 Å². The molecule has 4 rings (SSSR count). The van der Waals surface area contributed by atoms with Gasteiger partial charge in [0, 0.05) is 26.4 Å². The molecular formula is C23H27F3N6O3. The van der Waals surface area contributed by atoms with Gasteiger partial charge in [0.25, 0.3) is 0 Å². The first-order chi connectivity index (χ1) is 16.8. The van der Waals surface area contributed by atoms with E-state index in [0.717, 1.165) is 37.3 Å². The molecule has 2 saturated heterocycles. The second kappa shape index (κ2) is 10.5. The Morgan fingerprint density at radius 3 is 2.57 bits per heavy atom. The van der Waals surface area contributed by atoms with E-state index >= 15 is 0 Å². The predicted molar refractivity (Wildman–Crippen MR) is 123 cm³/mol. The number of hydrogen-bond acceptors (Lipinski definition) is 6. The van der Waals surface area contributed by atoms with Crippen LogP contribution in [-0.4, -0.2) is 60.8 Å². The Morgan fingerprint density at radius 2 is 1.91 bits per heavy atom. The number of hydrogen-bond donors (Lipinski definition) is 2. The van der Waals surface area contributed by atoms with Crippen molar-refractivity contribution in [2.75, 3.05) is 41.9 Å². The number of pyridine rings is 2. The van der Waals surface area contributed by atoms with Crippen molar-refractivity contribution in [3.05, 3.63) is 42.2 Å².